The van der Waals surface area contributed by atoms with E-state index in [1.165, 1.54) is 0 Å². The van der Waals surface area contributed by atoms with Crippen LogP contribution in [0.3, 0.4) is 0 Å². The third-order valence-electron chi connectivity index (χ3n) is 3.48. The van der Waals surface area contributed by atoms with Crippen molar-refractivity contribution in [2.45, 2.75) is 51.6 Å². The molecule has 0 aromatic carbocycles. The van der Waals surface area contributed by atoms with Crippen molar-refractivity contribution in [3.05, 3.63) is 17.5 Å². The Balaban J connectivity index is 1.96. The fourth-order valence-corrected chi connectivity index (χ4v) is 2.28. The Bertz CT molecular complexity index is 517. The summed E-state index contributed by atoms with van der Waals surface area (Å²) in [4.78, 5) is 22.9. The van der Waals surface area contributed by atoms with Gasteiger partial charge in [0.1, 0.15) is 5.54 Å². The molecule has 0 aliphatic heterocycles. The van der Waals surface area contributed by atoms with Crippen LogP contribution in [0.2, 0.25) is 0 Å². The third kappa shape index (κ3) is 2.77. The summed E-state index contributed by atoms with van der Waals surface area (Å²) in [6.45, 7) is 5.74. The average Bonchev–Trinajstić information content (AvgIpc) is 2.98. The van der Waals surface area contributed by atoms with Gasteiger partial charge in [-0.25, -0.2) is 4.79 Å². The van der Waals surface area contributed by atoms with Gasteiger partial charge in [-0.15, -0.1) is 0 Å². The molecule has 1 fully saturated rings. The molecule has 6 nitrogen and oxygen atoms in total. The van der Waals surface area contributed by atoms with E-state index in [9.17, 15) is 9.59 Å². The molecule has 19 heavy (non-hydrogen) atoms. The predicted octanol–water partition coefficient (Wildman–Crippen LogP) is 1.18. The number of carboxylic acid groups (broad SMARTS) is 1. The second-order valence-corrected chi connectivity index (χ2v) is 5.36. The molecule has 104 valence electrons. The summed E-state index contributed by atoms with van der Waals surface area (Å²) in [6, 6.07) is 1.87. The minimum atomic E-state index is -1.01. The van der Waals surface area contributed by atoms with Crippen LogP contribution in [0.15, 0.2) is 6.07 Å². The maximum Gasteiger partial charge on any atom is 0.329 e. The zero-order chi connectivity index (χ0) is 14.2. The minimum Gasteiger partial charge on any atom is -0.480 e. The number of rotatable bonds is 5. The van der Waals surface area contributed by atoms with Crippen molar-refractivity contribution in [2.75, 3.05) is 0 Å². The molecule has 0 bridgehead atoms. The van der Waals surface area contributed by atoms with Gasteiger partial charge >= 0.3 is 5.97 Å². The number of nitrogens with zero attached hydrogens (tertiary/aromatic N) is 2. The van der Waals surface area contributed by atoms with E-state index in [0.29, 0.717) is 12.8 Å². The van der Waals surface area contributed by atoms with Crippen LogP contribution in [-0.2, 0) is 9.59 Å². The Hall–Kier alpha value is -1.85. The van der Waals surface area contributed by atoms with E-state index in [1.54, 1.807) is 4.68 Å². The van der Waals surface area contributed by atoms with Crippen LogP contribution in [0.4, 0.5) is 0 Å². The highest BCUT2D eigenvalue weighted by molar-refractivity contribution is 5.89. The Labute approximate surface area is 111 Å². The van der Waals surface area contributed by atoms with Crippen molar-refractivity contribution < 1.29 is 14.7 Å². The van der Waals surface area contributed by atoms with Crippen molar-refractivity contribution in [1.29, 1.82) is 0 Å². The minimum absolute atomic E-state index is 0.0849. The van der Waals surface area contributed by atoms with Gasteiger partial charge in [-0.2, -0.15) is 5.10 Å². The van der Waals surface area contributed by atoms with E-state index in [0.717, 1.165) is 11.4 Å². The highest BCUT2D eigenvalue weighted by Crippen LogP contribution is 2.35. The maximum absolute atomic E-state index is 11.9. The Morgan fingerprint density at radius 3 is 2.58 bits per heavy atom. The molecule has 0 radical (unpaired) electrons. The molecular formula is C13H19N3O3. The molecule has 1 aliphatic rings. The maximum atomic E-state index is 11.9. The SMILES string of the molecule is Cc1cc(C)n(C(C)CC(=O)NC2(C(=O)O)CC2)n1. The first-order chi connectivity index (χ1) is 8.84. The zero-order valence-corrected chi connectivity index (χ0v) is 11.4. The summed E-state index contributed by atoms with van der Waals surface area (Å²) in [6.07, 6.45) is 1.27. The summed E-state index contributed by atoms with van der Waals surface area (Å²) in [5, 5.41) is 16.0. The molecule has 1 unspecified atom stereocenters. The summed E-state index contributed by atoms with van der Waals surface area (Å²) in [5.74, 6) is -1.18. The highest BCUT2D eigenvalue weighted by Gasteiger charge is 2.51. The van der Waals surface area contributed by atoms with Crippen LogP contribution >= 0.6 is 0 Å². The molecular weight excluding hydrogens is 246 g/mol. The van der Waals surface area contributed by atoms with Crippen molar-refractivity contribution in [3.8, 4) is 0 Å². The van der Waals surface area contributed by atoms with Gasteiger partial charge in [0.05, 0.1) is 11.7 Å². The Kier molecular flexibility index (Phi) is 3.34. The first-order valence-electron chi connectivity index (χ1n) is 6.41. The largest absolute Gasteiger partial charge is 0.480 e. The number of carbonyl (C=O) groups excluding carboxylic acids is 1. The summed E-state index contributed by atoms with van der Waals surface area (Å²) >= 11 is 0. The van der Waals surface area contributed by atoms with Crippen LogP contribution in [0.1, 0.15) is 43.6 Å². The van der Waals surface area contributed by atoms with Crippen LogP contribution in [0.25, 0.3) is 0 Å². The van der Waals surface area contributed by atoms with Crippen molar-refractivity contribution >= 4 is 11.9 Å². The number of aromatic nitrogens is 2. The number of carboxylic acids is 1. The van der Waals surface area contributed by atoms with Crippen molar-refractivity contribution in [1.82, 2.24) is 15.1 Å². The van der Waals surface area contributed by atoms with E-state index in [1.807, 2.05) is 26.8 Å². The van der Waals surface area contributed by atoms with Gasteiger partial charge in [-0.05, 0) is 39.7 Å². The topological polar surface area (TPSA) is 84.2 Å². The first-order valence-corrected chi connectivity index (χ1v) is 6.41. The molecule has 6 heteroatoms. The molecule has 0 spiro atoms. The molecule has 0 saturated heterocycles. The van der Waals surface area contributed by atoms with E-state index in [4.69, 9.17) is 5.11 Å². The smallest absolute Gasteiger partial charge is 0.329 e. The van der Waals surface area contributed by atoms with Gasteiger partial charge < -0.3 is 10.4 Å². The van der Waals surface area contributed by atoms with Gasteiger partial charge in [0, 0.05) is 12.1 Å². The Morgan fingerprint density at radius 2 is 2.16 bits per heavy atom. The molecule has 2 rings (SSSR count). The molecule has 2 N–H and O–H groups in total. The molecule has 1 atom stereocenters. The number of hydrogen-bond donors (Lipinski definition) is 2. The van der Waals surface area contributed by atoms with E-state index >= 15 is 0 Å². The quantitative estimate of drug-likeness (QED) is 0.837. The second kappa shape index (κ2) is 4.68. The molecule has 1 aliphatic carbocycles. The summed E-state index contributed by atoms with van der Waals surface area (Å²) < 4.78 is 1.80. The molecule has 1 aromatic heterocycles. The lowest BCUT2D eigenvalue weighted by Crippen LogP contribution is -2.43. The fourth-order valence-electron chi connectivity index (χ4n) is 2.28. The predicted molar refractivity (Wildman–Crippen MR) is 68.8 cm³/mol. The van der Waals surface area contributed by atoms with Crippen LogP contribution in [0.5, 0.6) is 0 Å². The lowest BCUT2D eigenvalue weighted by molar-refractivity contribution is -0.143. The summed E-state index contributed by atoms with van der Waals surface area (Å²) in [5.41, 5.74) is 0.900. The highest BCUT2D eigenvalue weighted by atomic mass is 16.4. The van der Waals surface area contributed by atoms with Crippen LogP contribution < -0.4 is 5.32 Å². The van der Waals surface area contributed by atoms with Crippen LogP contribution in [-0.4, -0.2) is 32.3 Å². The summed E-state index contributed by atoms with van der Waals surface area (Å²) in [7, 11) is 0. The van der Waals surface area contributed by atoms with E-state index < -0.39 is 11.5 Å². The Morgan fingerprint density at radius 1 is 1.53 bits per heavy atom. The molecule has 1 amide bonds. The monoisotopic (exact) mass is 265 g/mol. The van der Waals surface area contributed by atoms with E-state index in [2.05, 4.69) is 10.4 Å². The van der Waals surface area contributed by atoms with Gasteiger partial charge in [0.25, 0.3) is 0 Å². The molecule has 1 aromatic rings. The normalized spacial score (nSPS) is 17.8. The molecule has 1 saturated carbocycles. The third-order valence-corrected chi connectivity index (χ3v) is 3.48. The van der Waals surface area contributed by atoms with Crippen LogP contribution in [0, 0.1) is 13.8 Å². The number of aryl methyl sites for hydroxylation is 2. The van der Waals surface area contributed by atoms with Crippen molar-refractivity contribution in [2.24, 2.45) is 0 Å². The van der Waals surface area contributed by atoms with Gasteiger partial charge in [-0.1, -0.05) is 0 Å². The zero-order valence-electron chi connectivity index (χ0n) is 11.4. The lowest BCUT2D eigenvalue weighted by atomic mass is 10.2. The lowest BCUT2D eigenvalue weighted by Gasteiger charge is -2.17. The number of nitrogens with one attached hydrogen (secondary N) is 1. The second-order valence-electron chi connectivity index (χ2n) is 5.36. The average molecular weight is 265 g/mol. The fraction of sp³-hybridized carbons (Fsp3) is 0.615. The molecule has 1 heterocycles. The van der Waals surface area contributed by atoms with Gasteiger partial charge in [0.2, 0.25) is 5.91 Å². The van der Waals surface area contributed by atoms with E-state index in [-0.39, 0.29) is 18.4 Å². The van der Waals surface area contributed by atoms with Gasteiger partial charge in [-0.3, -0.25) is 9.48 Å². The standard InChI is InChI=1S/C13H19N3O3/c1-8-6-9(2)16(15-8)10(3)7-11(17)14-13(4-5-13)12(18)19/h6,10H,4-5,7H2,1-3H3,(H,14,17)(H,18,19). The van der Waals surface area contributed by atoms with Gasteiger partial charge in [0.15, 0.2) is 0 Å². The number of amides is 1. The number of carbonyl (C=O) groups is 2. The number of hydrogen-bond acceptors (Lipinski definition) is 3. The number of aliphatic carboxylic acids is 1. The first kappa shape index (κ1) is 13.6. The van der Waals surface area contributed by atoms with Crippen molar-refractivity contribution in [3.63, 3.8) is 0 Å².